The van der Waals surface area contributed by atoms with Crippen LogP contribution in [0.25, 0.3) is 33.2 Å². The third-order valence-corrected chi connectivity index (χ3v) is 7.09. The Labute approximate surface area is 188 Å². The van der Waals surface area contributed by atoms with Gasteiger partial charge in [0.2, 0.25) is 0 Å². The van der Waals surface area contributed by atoms with E-state index in [1.54, 1.807) is 6.33 Å². The monoisotopic (exact) mass is 429 g/mol. The molecule has 6 nitrogen and oxygen atoms in total. The van der Waals surface area contributed by atoms with Crippen molar-refractivity contribution in [1.82, 2.24) is 19.5 Å². The first kappa shape index (κ1) is 20.7. The standard InChI is InChI=1S/C26H31N5O/c1-3-7-16(2)19-13-20(24-25(29-14-28-24)23(19)26(27)32)17-10-11-22-21(12-17)30-15-31(22)18-8-5-4-6-9-18/h10-16,18H,3-9H2,1-2H3,(H2,27,32)(H,28,29). The number of benzene rings is 2. The van der Waals surface area contributed by atoms with Crippen LogP contribution in [0.4, 0.5) is 0 Å². The van der Waals surface area contributed by atoms with Gasteiger partial charge < -0.3 is 15.3 Å². The number of hydrogen-bond acceptors (Lipinski definition) is 3. The largest absolute Gasteiger partial charge is 0.366 e. The number of nitrogens with two attached hydrogens (primary N) is 1. The molecule has 5 rings (SSSR count). The van der Waals surface area contributed by atoms with Crippen LogP contribution in [0.2, 0.25) is 0 Å². The second kappa shape index (κ2) is 8.41. The van der Waals surface area contributed by atoms with Crippen molar-refractivity contribution >= 4 is 28.0 Å². The summed E-state index contributed by atoms with van der Waals surface area (Å²) < 4.78 is 2.35. The van der Waals surface area contributed by atoms with E-state index in [4.69, 9.17) is 10.7 Å². The van der Waals surface area contributed by atoms with E-state index >= 15 is 0 Å². The first-order valence-corrected chi connectivity index (χ1v) is 11.8. The second-order valence-electron chi connectivity index (χ2n) is 9.22. The number of imidazole rings is 2. The van der Waals surface area contributed by atoms with Crippen molar-refractivity contribution in [2.75, 3.05) is 0 Å². The lowest BCUT2D eigenvalue weighted by atomic mass is 9.87. The molecule has 1 aliphatic rings. The molecule has 0 radical (unpaired) electrons. The Balaban J connectivity index is 1.65. The average molecular weight is 430 g/mol. The Bertz CT molecular complexity index is 1280. The van der Waals surface area contributed by atoms with Gasteiger partial charge in [0, 0.05) is 11.6 Å². The number of carbonyl (C=O) groups is 1. The highest BCUT2D eigenvalue weighted by Crippen LogP contribution is 2.37. The van der Waals surface area contributed by atoms with Gasteiger partial charge in [-0.15, -0.1) is 0 Å². The molecule has 3 N–H and O–H groups in total. The molecule has 1 aliphatic carbocycles. The Morgan fingerprint density at radius 3 is 2.78 bits per heavy atom. The molecular formula is C26H31N5O. The molecular weight excluding hydrogens is 398 g/mol. The van der Waals surface area contributed by atoms with Crippen molar-refractivity contribution < 1.29 is 4.79 Å². The number of aromatic amines is 1. The maximum Gasteiger partial charge on any atom is 0.251 e. The van der Waals surface area contributed by atoms with Crippen LogP contribution < -0.4 is 5.73 Å². The van der Waals surface area contributed by atoms with Gasteiger partial charge in [-0.05, 0) is 54.5 Å². The van der Waals surface area contributed by atoms with Crippen LogP contribution in [0.15, 0.2) is 36.9 Å². The number of rotatable bonds is 6. The number of nitrogens with zero attached hydrogens (tertiary/aromatic N) is 3. The molecule has 6 heteroatoms. The van der Waals surface area contributed by atoms with Gasteiger partial charge in [0.25, 0.3) is 5.91 Å². The minimum atomic E-state index is -0.412. The first-order valence-electron chi connectivity index (χ1n) is 11.8. The Morgan fingerprint density at radius 2 is 2.03 bits per heavy atom. The molecule has 0 saturated heterocycles. The average Bonchev–Trinajstić information content (AvgIpc) is 3.45. The van der Waals surface area contributed by atoms with Gasteiger partial charge in [0.05, 0.1) is 40.3 Å². The molecule has 2 aromatic heterocycles. The van der Waals surface area contributed by atoms with Gasteiger partial charge in [0.15, 0.2) is 0 Å². The fourth-order valence-corrected chi connectivity index (χ4v) is 5.44. The summed E-state index contributed by atoms with van der Waals surface area (Å²) in [5.41, 5.74) is 13.1. The summed E-state index contributed by atoms with van der Waals surface area (Å²) in [6, 6.07) is 9.15. The maximum atomic E-state index is 12.4. The van der Waals surface area contributed by atoms with Crippen molar-refractivity contribution in [1.29, 1.82) is 0 Å². The van der Waals surface area contributed by atoms with Crippen molar-refractivity contribution in [3.8, 4) is 11.1 Å². The fourth-order valence-electron chi connectivity index (χ4n) is 5.44. The third-order valence-electron chi connectivity index (χ3n) is 7.09. The van der Waals surface area contributed by atoms with Crippen LogP contribution in [-0.2, 0) is 0 Å². The van der Waals surface area contributed by atoms with Crippen molar-refractivity contribution in [3.05, 3.63) is 48.0 Å². The zero-order chi connectivity index (χ0) is 22.2. The van der Waals surface area contributed by atoms with E-state index in [1.807, 2.05) is 6.33 Å². The van der Waals surface area contributed by atoms with E-state index in [0.29, 0.717) is 11.6 Å². The summed E-state index contributed by atoms with van der Waals surface area (Å²) in [7, 11) is 0. The molecule has 2 heterocycles. The van der Waals surface area contributed by atoms with Crippen molar-refractivity contribution in [2.45, 2.75) is 70.8 Å². The van der Waals surface area contributed by atoms with E-state index in [2.05, 4.69) is 52.6 Å². The molecule has 1 saturated carbocycles. The summed E-state index contributed by atoms with van der Waals surface area (Å²) in [5, 5.41) is 0. The van der Waals surface area contributed by atoms with Crippen LogP contribution in [0.3, 0.4) is 0 Å². The normalized spacial score (nSPS) is 16.1. The summed E-state index contributed by atoms with van der Waals surface area (Å²) >= 11 is 0. The minimum absolute atomic E-state index is 0.225. The van der Waals surface area contributed by atoms with Crippen LogP contribution in [-0.4, -0.2) is 25.4 Å². The van der Waals surface area contributed by atoms with Crippen LogP contribution in [0.5, 0.6) is 0 Å². The molecule has 1 amide bonds. The zero-order valence-corrected chi connectivity index (χ0v) is 18.9. The molecule has 4 aromatic rings. The predicted octanol–water partition coefficient (Wildman–Crippen LogP) is 6.09. The van der Waals surface area contributed by atoms with Gasteiger partial charge in [0.1, 0.15) is 0 Å². The maximum absolute atomic E-state index is 12.4. The van der Waals surface area contributed by atoms with Gasteiger partial charge in [-0.1, -0.05) is 45.6 Å². The number of fused-ring (bicyclic) bond motifs is 2. The Morgan fingerprint density at radius 1 is 1.22 bits per heavy atom. The molecule has 0 bridgehead atoms. The predicted molar refractivity (Wildman–Crippen MR) is 129 cm³/mol. The number of hydrogen-bond donors (Lipinski definition) is 2. The number of nitrogens with one attached hydrogen (secondary N) is 1. The molecule has 0 aliphatic heterocycles. The lowest BCUT2D eigenvalue weighted by Gasteiger charge is -2.23. The molecule has 32 heavy (non-hydrogen) atoms. The van der Waals surface area contributed by atoms with E-state index < -0.39 is 5.91 Å². The molecule has 0 spiro atoms. The number of aromatic nitrogens is 4. The van der Waals surface area contributed by atoms with E-state index in [9.17, 15) is 4.79 Å². The highest BCUT2D eigenvalue weighted by molar-refractivity contribution is 6.09. The zero-order valence-electron chi connectivity index (χ0n) is 18.9. The van der Waals surface area contributed by atoms with Gasteiger partial charge >= 0.3 is 0 Å². The van der Waals surface area contributed by atoms with Crippen molar-refractivity contribution in [3.63, 3.8) is 0 Å². The summed E-state index contributed by atoms with van der Waals surface area (Å²) in [6.07, 6.45) is 12.1. The van der Waals surface area contributed by atoms with E-state index in [1.165, 1.54) is 37.6 Å². The molecule has 2 aromatic carbocycles. The highest BCUT2D eigenvalue weighted by Gasteiger charge is 2.23. The molecule has 166 valence electrons. The number of carbonyl (C=O) groups excluding carboxylic acids is 1. The Hall–Kier alpha value is -3.15. The van der Waals surface area contributed by atoms with Gasteiger partial charge in [-0.25, -0.2) is 9.97 Å². The van der Waals surface area contributed by atoms with Crippen LogP contribution in [0, 0.1) is 0 Å². The van der Waals surface area contributed by atoms with Crippen molar-refractivity contribution in [2.24, 2.45) is 5.73 Å². The summed E-state index contributed by atoms with van der Waals surface area (Å²) in [6.45, 7) is 4.32. The number of H-pyrrole nitrogens is 1. The van der Waals surface area contributed by atoms with Gasteiger partial charge in [-0.3, -0.25) is 4.79 Å². The topological polar surface area (TPSA) is 89.6 Å². The Kier molecular flexibility index (Phi) is 5.45. The lowest BCUT2D eigenvalue weighted by Crippen LogP contribution is -2.16. The van der Waals surface area contributed by atoms with Crippen LogP contribution in [0.1, 0.15) is 86.7 Å². The van der Waals surface area contributed by atoms with Crippen LogP contribution >= 0.6 is 0 Å². The molecule has 1 fully saturated rings. The third kappa shape index (κ3) is 3.48. The lowest BCUT2D eigenvalue weighted by molar-refractivity contribution is 0.100. The number of primary amides is 1. The minimum Gasteiger partial charge on any atom is -0.366 e. The molecule has 1 unspecified atom stereocenters. The highest BCUT2D eigenvalue weighted by atomic mass is 16.1. The first-order chi connectivity index (χ1) is 15.6. The SMILES string of the molecule is CCCC(C)c1cc(-c2ccc3c(c2)ncn3C2CCCCC2)c2nc[nH]c2c1C(N)=O. The smallest absolute Gasteiger partial charge is 0.251 e. The summed E-state index contributed by atoms with van der Waals surface area (Å²) in [4.78, 5) is 24.8. The number of amides is 1. The fraction of sp³-hybridized carbons (Fsp3) is 0.423. The summed E-state index contributed by atoms with van der Waals surface area (Å²) in [5.74, 6) is -0.186. The molecule has 1 atom stereocenters. The second-order valence-corrected chi connectivity index (χ2v) is 9.22. The van der Waals surface area contributed by atoms with Gasteiger partial charge in [-0.2, -0.15) is 0 Å². The van der Waals surface area contributed by atoms with E-state index in [0.717, 1.165) is 46.1 Å². The van der Waals surface area contributed by atoms with E-state index in [-0.39, 0.29) is 5.92 Å². The quantitative estimate of drug-likeness (QED) is 0.389.